The van der Waals surface area contributed by atoms with E-state index >= 15 is 0 Å². The van der Waals surface area contributed by atoms with Crippen LogP contribution < -0.4 is 10.2 Å². The molecule has 4 rings (SSSR count). The van der Waals surface area contributed by atoms with Crippen molar-refractivity contribution in [3.05, 3.63) is 59.2 Å². The highest BCUT2D eigenvalue weighted by atomic mass is 16.2. The maximum Gasteiger partial charge on any atom is 0.242 e. The van der Waals surface area contributed by atoms with Crippen LogP contribution in [-0.2, 0) is 16.0 Å². The molecule has 2 aromatic rings. The van der Waals surface area contributed by atoms with Crippen molar-refractivity contribution in [2.45, 2.75) is 33.1 Å². The van der Waals surface area contributed by atoms with Crippen LogP contribution in [0.1, 0.15) is 29.5 Å². The Balaban J connectivity index is 1.56. The van der Waals surface area contributed by atoms with Crippen LogP contribution in [0.5, 0.6) is 0 Å². The molecule has 2 aromatic carbocycles. The average molecular weight is 334 g/mol. The topological polar surface area (TPSA) is 49.4 Å². The molecule has 4 nitrogen and oxygen atoms in total. The minimum Gasteiger partial charge on any atom is -0.325 e. The lowest BCUT2D eigenvalue weighted by Crippen LogP contribution is -2.42. The minimum absolute atomic E-state index is 0.0558. The van der Waals surface area contributed by atoms with E-state index in [0.29, 0.717) is 19.4 Å². The summed E-state index contributed by atoms with van der Waals surface area (Å²) in [4.78, 5) is 27.8. The minimum atomic E-state index is -0.894. The molecule has 1 heterocycles. The lowest BCUT2D eigenvalue weighted by atomic mass is 10.0. The third-order valence-corrected chi connectivity index (χ3v) is 5.36. The van der Waals surface area contributed by atoms with Crippen LogP contribution in [0.3, 0.4) is 0 Å². The molecule has 0 radical (unpaired) electrons. The second-order valence-electron chi connectivity index (χ2n) is 7.19. The van der Waals surface area contributed by atoms with E-state index in [2.05, 4.69) is 11.4 Å². The Morgan fingerprint density at radius 3 is 2.56 bits per heavy atom. The van der Waals surface area contributed by atoms with Gasteiger partial charge in [-0.05, 0) is 56.4 Å². The summed E-state index contributed by atoms with van der Waals surface area (Å²) >= 11 is 0. The number of para-hydroxylation sites is 1. The Labute approximate surface area is 147 Å². The number of fused-ring (bicyclic) bond motifs is 1. The van der Waals surface area contributed by atoms with E-state index in [-0.39, 0.29) is 11.8 Å². The molecule has 0 unspecified atom stereocenters. The highest BCUT2D eigenvalue weighted by molar-refractivity contribution is 6.18. The smallest absolute Gasteiger partial charge is 0.242 e. The van der Waals surface area contributed by atoms with E-state index in [0.717, 1.165) is 28.9 Å². The Hall–Kier alpha value is -2.62. The fraction of sp³-hybridized carbons (Fsp3) is 0.333. The van der Waals surface area contributed by atoms with E-state index in [1.807, 2.05) is 50.2 Å². The van der Waals surface area contributed by atoms with Gasteiger partial charge < -0.3 is 10.2 Å². The van der Waals surface area contributed by atoms with Crippen molar-refractivity contribution in [2.24, 2.45) is 5.41 Å². The highest BCUT2D eigenvalue weighted by Crippen LogP contribution is 2.49. The van der Waals surface area contributed by atoms with Gasteiger partial charge in [0.25, 0.3) is 0 Å². The van der Waals surface area contributed by atoms with Crippen molar-refractivity contribution in [3.8, 4) is 0 Å². The van der Waals surface area contributed by atoms with Gasteiger partial charge >= 0.3 is 0 Å². The van der Waals surface area contributed by atoms with Crippen LogP contribution >= 0.6 is 0 Å². The molecule has 0 bridgehead atoms. The number of carbonyl (C=O) groups is 2. The number of amides is 2. The molecule has 0 saturated heterocycles. The fourth-order valence-electron chi connectivity index (χ4n) is 3.67. The summed E-state index contributed by atoms with van der Waals surface area (Å²) < 4.78 is 0. The van der Waals surface area contributed by atoms with Crippen molar-refractivity contribution in [2.75, 3.05) is 16.8 Å². The lowest BCUT2D eigenvalue weighted by molar-refractivity contribution is -0.132. The number of aryl methyl sites for hydroxylation is 2. The van der Waals surface area contributed by atoms with E-state index < -0.39 is 5.41 Å². The van der Waals surface area contributed by atoms with Crippen molar-refractivity contribution in [1.29, 1.82) is 0 Å². The monoisotopic (exact) mass is 334 g/mol. The van der Waals surface area contributed by atoms with Crippen LogP contribution in [0.2, 0.25) is 0 Å². The van der Waals surface area contributed by atoms with E-state index in [1.165, 1.54) is 5.56 Å². The third kappa shape index (κ3) is 2.62. The van der Waals surface area contributed by atoms with Crippen LogP contribution in [0, 0.1) is 19.3 Å². The summed E-state index contributed by atoms with van der Waals surface area (Å²) in [6.45, 7) is 4.66. The molecule has 1 saturated carbocycles. The first-order chi connectivity index (χ1) is 12.0. The Kier molecular flexibility index (Phi) is 3.64. The summed E-state index contributed by atoms with van der Waals surface area (Å²) in [6.07, 6.45) is 2.11. The number of hydrogen-bond donors (Lipinski definition) is 1. The number of carbonyl (C=O) groups excluding carboxylic acids is 2. The molecule has 128 valence electrons. The van der Waals surface area contributed by atoms with Gasteiger partial charge in [0.1, 0.15) is 5.41 Å². The largest absolute Gasteiger partial charge is 0.325 e. The first kappa shape index (κ1) is 15.9. The molecule has 1 aliphatic heterocycles. The number of nitrogens with one attached hydrogen (secondary N) is 1. The average Bonchev–Trinajstić information content (AvgIpc) is 3.30. The van der Waals surface area contributed by atoms with Gasteiger partial charge in [-0.1, -0.05) is 35.9 Å². The number of nitrogens with zero attached hydrogens (tertiary/aromatic N) is 1. The molecule has 25 heavy (non-hydrogen) atoms. The van der Waals surface area contributed by atoms with Crippen molar-refractivity contribution in [3.63, 3.8) is 0 Å². The molecule has 2 amide bonds. The predicted molar refractivity (Wildman–Crippen MR) is 98.7 cm³/mol. The SMILES string of the molecule is Cc1ccc(NC(=O)C2(C(=O)N3CCc4ccccc43)CC2)c(C)c1. The highest BCUT2D eigenvalue weighted by Gasteiger charge is 2.58. The molecule has 1 N–H and O–H groups in total. The summed E-state index contributed by atoms with van der Waals surface area (Å²) in [5.74, 6) is -0.228. The molecule has 1 fully saturated rings. The predicted octanol–water partition coefficient (Wildman–Crippen LogP) is 3.61. The number of benzene rings is 2. The van der Waals surface area contributed by atoms with Gasteiger partial charge in [-0.25, -0.2) is 0 Å². The van der Waals surface area contributed by atoms with Gasteiger partial charge in [-0.2, -0.15) is 0 Å². The first-order valence-corrected chi connectivity index (χ1v) is 8.80. The van der Waals surface area contributed by atoms with Crippen LogP contribution in [0.4, 0.5) is 11.4 Å². The van der Waals surface area contributed by atoms with Gasteiger partial charge in [0, 0.05) is 17.9 Å². The zero-order valence-electron chi connectivity index (χ0n) is 14.6. The first-order valence-electron chi connectivity index (χ1n) is 8.80. The second-order valence-corrected chi connectivity index (χ2v) is 7.19. The summed E-state index contributed by atoms with van der Waals surface area (Å²) in [6, 6.07) is 13.9. The molecular formula is C21H22N2O2. The fourth-order valence-corrected chi connectivity index (χ4v) is 3.67. The normalized spacial score (nSPS) is 17.1. The Bertz CT molecular complexity index is 868. The van der Waals surface area contributed by atoms with E-state index in [1.54, 1.807) is 4.90 Å². The standard InChI is InChI=1S/C21H22N2O2/c1-14-7-8-17(15(2)13-14)22-19(24)21(10-11-21)20(25)23-12-9-16-5-3-4-6-18(16)23/h3-8,13H,9-12H2,1-2H3,(H,22,24). The second kappa shape index (κ2) is 5.73. The zero-order chi connectivity index (χ0) is 17.6. The van der Waals surface area contributed by atoms with Gasteiger partial charge in [0.05, 0.1) is 0 Å². The molecule has 0 aromatic heterocycles. The number of anilines is 2. The Morgan fingerprint density at radius 2 is 1.84 bits per heavy atom. The van der Waals surface area contributed by atoms with Gasteiger partial charge in [-0.15, -0.1) is 0 Å². The van der Waals surface area contributed by atoms with Gasteiger partial charge in [0.15, 0.2) is 0 Å². The molecule has 0 spiro atoms. The lowest BCUT2D eigenvalue weighted by Gasteiger charge is -2.23. The Morgan fingerprint density at radius 1 is 1.08 bits per heavy atom. The third-order valence-electron chi connectivity index (χ3n) is 5.36. The van der Waals surface area contributed by atoms with Gasteiger partial charge in [0.2, 0.25) is 11.8 Å². The molecular weight excluding hydrogens is 312 g/mol. The zero-order valence-corrected chi connectivity index (χ0v) is 14.6. The maximum absolute atomic E-state index is 13.1. The number of hydrogen-bond acceptors (Lipinski definition) is 2. The van der Waals surface area contributed by atoms with Crippen LogP contribution in [0.25, 0.3) is 0 Å². The molecule has 4 heteroatoms. The van der Waals surface area contributed by atoms with Gasteiger partial charge in [-0.3, -0.25) is 9.59 Å². The quantitative estimate of drug-likeness (QED) is 0.872. The van der Waals surface area contributed by atoms with Crippen molar-refractivity contribution in [1.82, 2.24) is 0 Å². The molecule has 0 atom stereocenters. The van der Waals surface area contributed by atoms with Crippen molar-refractivity contribution < 1.29 is 9.59 Å². The maximum atomic E-state index is 13.1. The van der Waals surface area contributed by atoms with E-state index in [4.69, 9.17) is 0 Å². The summed E-state index contributed by atoms with van der Waals surface area (Å²) in [5.41, 5.74) is 4.20. The molecule has 1 aliphatic carbocycles. The van der Waals surface area contributed by atoms with E-state index in [9.17, 15) is 9.59 Å². The van der Waals surface area contributed by atoms with Crippen LogP contribution in [-0.4, -0.2) is 18.4 Å². The van der Waals surface area contributed by atoms with Crippen LogP contribution in [0.15, 0.2) is 42.5 Å². The summed E-state index contributed by atoms with van der Waals surface area (Å²) in [5, 5.41) is 2.98. The summed E-state index contributed by atoms with van der Waals surface area (Å²) in [7, 11) is 0. The molecule has 2 aliphatic rings. The number of rotatable bonds is 3. The van der Waals surface area contributed by atoms with Crippen molar-refractivity contribution >= 4 is 23.2 Å².